The minimum absolute atomic E-state index is 0.0997. The first kappa shape index (κ1) is 19.6. The van der Waals surface area contributed by atoms with Gasteiger partial charge in [-0.25, -0.2) is 10.9 Å². The third-order valence-corrected chi connectivity index (χ3v) is 5.12. The van der Waals surface area contributed by atoms with Gasteiger partial charge in [0.2, 0.25) is 11.7 Å². The molecule has 0 aliphatic carbocycles. The summed E-state index contributed by atoms with van der Waals surface area (Å²) in [7, 11) is 0. The SMILES string of the molecule is CC(C)c1ccc(C2CC(c3nc(-c4ccc(C(F)(F)F)cc4)no3)NN2)cc1. The minimum Gasteiger partial charge on any atom is -0.337 e. The minimum atomic E-state index is -4.37. The average molecular weight is 402 g/mol. The summed E-state index contributed by atoms with van der Waals surface area (Å²) in [6, 6.07) is 13.1. The lowest BCUT2D eigenvalue weighted by Gasteiger charge is -2.11. The van der Waals surface area contributed by atoms with Crippen LogP contribution in [0.2, 0.25) is 0 Å². The van der Waals surface area contributed by atoms with E-state index in [1.54, 1.807) is 0 Å². The van der Waals surface area contributed by atoms with Gasteiger partial charge in [-0.3, -0.25) is 0 Å². The van der Waals surface area contributed by atoms with Crippen LogP contribution in [0.25, 0.3) is 11.4 Å². The van der Waals surface area contributed by atoms with E-state index in [1.807, 2.05) is 0 Å². The van der Waals surface area contributed by atoms with Crippen molar-refractivity contribution in [2.24, 2.45) is 0 Å². The Morgan fingerprint density at radius 2 is 1.62 bits per heavy atom. The summed E-state index contributed by atoms with van der Waals surface area (Å²) in [4.78, 5) is 4.36. The van der Waals surface area contributed by atoms with Gasteiger partial charge in [0, 0.05) is 11.6 Å². The lowest BCUT2D eigenvalue weighted by molar-refractivity contribution is -0.137. The van der Waals surface area contributed by atoms with Crippen LogP contribution in [0.4, 0.5) is 13.2 Å². The second kappa shape index (κ2) is 7.61. The Morgan fingerprint density at radius 3 is 2.24 bits per heavy atom. The van der Waals surface area contributed by atoms with Crippen molar-refractivity contribution in [1.82, 2.24) is 21.0 Å². The number of hydrogen-bond acceptors (Lipinski definition) is 5. The number of hydrazine groups is 1. The van der Waals surface area contributed by atoms with Crippen LogP contribution in [0.3, 0.4) is 0 Å². The van der Waals surface area contributed by atoms with Crippen molar-refractivity contribution in [2.45, 2.75) is 44.4 Å². The summed E-state index contributed by atoms with van der Waals surface area (Å²) in [5, 5.41) is 3.92. The predicted octanol–water partition coefficient (Wildman–Crippen LogP) is 5.16. The van der Waals surface area contributed by atoms with Crippen LogP contribution in [0.5, 0.6) is 0 Å². The molecule has 1 aromatic heterocycles. The van der Waals surface area contributed by atoms with E-state index in [0.717, 1.165) is 24.1 Å². The van der Waals surface area contributed by atoms with Crippen molar-refractivity contribution in [2.75, 3.05) is 0 Å². The molecule has 2 atom stereocenters. The van der Waals surface area contributed by atoms with Crippen LogP contribution in [0.1, 0.15) is 60.9 Å². The largest absolute Gasteiger partial charge is 0.416 e. The first-order chi connectivity index (χ1) is 13.8. The molecule has 2 N–H and O–H groups in total. The lowest BCUT2D eigenvalue weighted by atomic mass is 9.97. The summed E-state index contributed by atoms with van der Waals surface area (Å²) >= 11 is 0. The Hall–Kier alpha value is -2.71. The zero-order chi connectivity index (χ0) is 20.6. The third kappa shape index (κ3) is 4.18. The fourth-order valence-corrected chi connectivity index (χ4v) is 3.35. The van der Waals surface area contributed by atoms with Gasteiger partial charge in [-0.2, -0.15) is 18.2 Å². The van der Waals surface area contributed by atoms with Crippen LogP contribution in [0, 0.1) is 0 Å². The Bertz CT molecular complexity index is 965. The van der Waals surface area contributed by atoms with Crippen LogP contribution in [0.15, 0.2) is 53.1 Å². The Kier molecular flexibility index (Phi) is 5.14. The van der Waals surface area contributed by atoms with Gasteiger partial charge >= 0.3 is 6.18 Å². The van der Waals surface area contributed by atoms with Gasteiger partial charge in [-0.1, -0.05) is 55.4 Å². The number of nitrogens with one attached hydrogen (secondary N) is 2. The van der Waals surface area contributed by atoms with E-state index in [4.69, 9.17) is 4.52 Å². The summed E-state index contributed by atoms with van der Waals surface area (Å²) in [6.45, 7) is 4.31. The number of rotatable bonds is 4. The highest BCUT2D eigenvalue weighted by atomic mass is 19.4. The van der Waals surface area contributed by atoms with E-state index in [1.165, 1.54) is 17.7 Å². The Labute approximate surface area is 166 Å². The van der Waals surface area contributed by atoms with Gasteiger partial charge in [-0.15, -0.1) is 0 Å². The van der Waals surface area contributed by atoms with Crippen molar-refractivity contribution >= 4 is 0 Å². The first-order valence-corrected chi connectivity index (χ1v) is 9.43. The van der Waals surface area contributed by atoms with Crippen molar-refractivity contribution in [3.63, 3.8) is 0 Å². The molecule has 2 heterocycles. The number of alkyl halides is 3. The van der Waals surface area contributed by atoms with Crippen LogP contribution >= 0.6 is 0 Å². The molecular formula is C21H21F3N4O. The summed E-state index contributed by atoms with van der Waals surface area (Å²) in [5.74, 6) is 1.14. The molecule has 5 nitrogen and oxygen atoms in total. The fraction of sp³-hybridized carbons (Fsp3) is 0.333. The molecule has 1 fully saturated rings. The van der Waals surface area contributed by atoms with E-state index >= 15 is 0 Å². The van der Waals surface area contributed by atoms with Crippen molar-refractivity contribution in [1.29, 1.82) is 0 Å². The zero-order valence-corrected chi connectivity index (χ0v) is 16.0. The molecule has 1 aliphatic rings. The van der Waals surface area contributed by atoms with Crippen molar-refractivity contribution in [3.8, 4) is 11.4 Å². The third-order valence-electron chi connectivity index (χ3n) is 5.12. The molecule has 0 amide bonds. The standard InChI is InChI=1S/C21H21F3N4O/c1-12(2)13-3-5-14(6-4-13)17-11-18(27-26-17)20-25-19(28-29-20)15-7-9-16(10-8-15)21(22,23)24/h3-10,12,17-18,26-27H,11H2,1-2H3. The second-order valence-electron chi connectivity index (χ2n) is 7.48. The maximum Gasteiger partial charge on any atom is 0.416 e. The highest BCUT2D eigenvalue weighted by molar-refractivity contribution is 5.54. The predicted molar refractivity (Wildman–Crippen MR) is 102 cm³/mol. The second-order valence-corrected chi connectivity index (χ2v) is 7.48. The van der Waals surface area contributed by atoms with Crippen molar-refractivity contribution < 1.29 is 17.7 Å². The van der Waals surface area contributed by atoms with Gasteiger partial charge in [0.1, 0.15) is 6.04 Å². The normalized spacial score (nSPS) is 19.8. The number of aromatic nitrogens is 2. The van der Waals surface area contributed by atoms with E-state index in [-0.39, 0.29) is 17.9 Å². The summed E-state index contributed by atoms with van der Waals surface area (Å²) in [5.41, 5.74) is 8.61. The highest BCUT2D eigenvalue weighted by Gasteiger charge is 2.31. The molecule has 29 heavy (non-hydrogen) atoms. The quantitative estimate of drug-likeness (QED) is 0.631. The lowest BCUT2D eigenvalue weighted by Crippen LogP contribution is -2.26. The van der Waals surface area contributed by atoms with Gasteiger partial charge in [0.05, 0.1) is 5.56 Å². The molecule has 0 spiro atoms. The van der Waals surface area contributed by atoms with E-state index < -0.39 is 11.7 Å². The van der Waals surface area contributed by atoms with Gasteiger partial charge in [0.15, 0.2) is 0 Å². The molecule has 1 saturated heterocycles. The highest BCUT2D eigenvalue weighted by Crippen LogP contribution is 2.33. The van der Waals surface area contributed by atoms with Gasteiger partial charge in [0.25, 0.3) is 0 Å². The number of hydrogen-bond donors (Lipinski definition) is 2. The molecular weight excluding hydrogens is 381 g/mol. The van der Waals surface area contributed by atoms with Crippen LogP contribution in [-0.4, -0.2) is 10.1 Å². The van der Waals surface area contributed by atoms with E-state index in [9.17, 15) is 13.2 Å². The molecule has 4 rings (SSSR count). The summed E-state index contributed by atoms with van der Waals surface area (Å²) in [6.07, 6.45) is -3.65. The van der Waals surface area contributed by atoms with Crippen molar-refractivity contribution in [3.05, 3.63) is 71.1 Å². The number of nitrogens with zero attached hydrogens (tertiary/aromatic N) is 2. The maximum absolute atomic E-state index is 12.7. The fourth-order valence-electron chi connectivity index (χ4n) is 3.35. The zero-order valence-electron chi connectivity index (χ0n) is 16.0. The number of halogens is 3. The smallest absolute Gasteiger partial charge is 0.337 e. The van der Waals surface area contributed by atoms with Crippen LogP contribution < -0.4 is 10.9 Å². The molecule has 2 aromatic carbocycles. The Morgan fingerprint density at radius 1 is 0.966 bits per heavy atom. The van der Waals surface area contributed by atoms with Crippen LogP contribution in [-0.2, 0) is 6.18 Å². The molecule has 8 heteroatoms. The first-order valence-electron chi connectivity index (χ1n) is 9.43. The monoisotopic (exact) mass is 402 g/mol. The van der Waals surface area contributed by atoms with Gasteiger partial charge in [-0.05, 0) is 35.6 Å². The van der Waals surface area contributed by atoms with E-state index in [0.29, 0.717) is 17.4 Å². The molecule has 1 aliphatic heterocycles. The average Bonchev–Trinajstić information content (AvgIpc) is 3.37. The topological polar surface area (TPSA) is 63.0 Å². The molecule has 152 valence electrons. The number of benzene rings is 2. The molecule has 3 aromatic rings. The van der Waals surface area contributed by atoms with E-state index in [2.05, 4.69) is 59.1 Å². The van der Waals surface area contributed by atoms with Gasteiger partial charge < -0.3 is 4.52 Å². The summed E-state index contributed by atoms with van der Waals surface area (Å²) < 4.78 is 43.5. The molecule has 0 saturated carbocycles. The molecule has 0 bridgehead atoms. The maximum atomic E-state index is 12.7. The molecule has 0 radical (unpaired) electrons. The molecule has 2 unspecified atom stereocenters. The Balaban J connectivity index is 1.45.